The van der Waals surface area contributed by atoms with Crippen molar-refractivity contribution >= 4 is 29.3 Å². The molecular weight excluding hydrogens is 390 g/mol. The molecule has 1 saturated heterocycles. The number of likely N-dealkylation sites (tertiary alicyclic amines) is 1. The molecule has 5 nitrogen and oxygen atoms in total. The normalized spacial score (nSPS) is 17.7. The number of hydrogen-bond donors (Lipinski definition) is 0. The summed E-state index contributed by atoms with van der Waals surface area (Å²) >= 11 is 5.97. The Morgan fingerprint density at radius 1 is 1.31 bits per heavy atom. The van der Waals surface area contributed by atoms with Gasteiger partial charge < -0.3 is 9.64 Å². The summed E-state index contributed by atoms with van der Waals surface area (Å²) in [5.41, 5.74) is 0.843. The molecule has 6 heteroatoms. The lowest BCUT2D eigenvalue weighted by Gasteiger charge is -2.30. The summed E-state index contributed by atoms with van der Waals surface area (Å²) in [7, 11) is 0. The fraction of sp³-hybridized carbons (Fsp3) is 0.522. The Balaban J connectivity index is 2.08. The van der Waals surface area contributed by atoms with Crippen molar-refractivity contribution in [1.82, 2.24) is 4.90 Å². The molecule has 2 rings (SSSR count). The van der Waals surface area contributed by atoms with Crippen molar-refractivity contribution in [2.75, 3.05) is 6.61 Å². The number of rotatable bonds is 11. The molecule has 0 spiro atoms. The van der Waals surface area contributed by atoms with E-state index in [0.717, 1.165) is 24.8 Å². The molecule has 1 amide bonds. The second-order valence-corrected chi connectivity index (χ2v) is 7.74. The number of esters is 1. The number of unbranched alkanes of at least 4 members (excludes halogenated alkanes) is 2. The number of carbonyl (C=O) groups excluding carboxylic acids is 3. The first-order valence-electron chi connectivity index (χ1n) is 10.4. The van der Waals surface area contributed by atoms with Crippen LogP contribution in [0.2, 0.25) is 5.02 Å². The van der Waals surface area contributed by atoms with Gasteiger partial charge in [-0.25, -0.2) is 4.79 Å². The molecular formula is C23H30ClNO4. The first kappa shape index (κ1) is 23.1. The summed E-state index contributed by atoms with van der Waals surface area (Å²) in [4.78, 5) is 39.0. The molecule has 0 aliphatic carbocycles. The van der Waals surface area contributed by atoms with Gasteiger partial charge in [0.1, 0.15) is 6.04 Å². The van der Waals surface area contributed by atoms with Gasteiger partial charge in [0, 0.05) is 17.9 Å². The van der Waals surface area contributed by atoms with Crippen LogP contribution < -0.4 is 0 Å². The van der Waals surface area contributed by atoms with Crippen molar-refractivity contribution in [1.29, 1.82) is 0 Å². The third-order valence-electron chi connectivity index (χ3n) is 5.05. The highest BCUT2D eigenvalue weighted by molar-refractivity contribution is 6.30. The SMILES string of the molecule is CCCCC[C@H](C(=O)OCC)N1C(=O)CCC1C=CC(=O)Cc1cccc(Cl)c1. The predicted molar refractivity (Wildman–Crippen MR) is 114 cm³/mol. The van der Waals surface area contributed by atoms with Crippen LogP contribution in [0.15, 0.2) is 36.4 Å². The van der Waals surface area contributed by atoms with Gasteiger partial charge in [-0.3, -0.25) is 9.59 Å². The van der Waals surface area contributed by atoms with Gasteiger partial charge in [-0.05, 0) is 43.5 Å². The second kappa shape index (κ2) is 11.8. The van der Waals surface area contributed by atoms with Crippen LogP contribution in [-0.4, -0.2) is 41.3 Å². The van der Waals surface area contributed by atoms with Crippen molar-refractivity contribution in [3.8, 4) is 0 Å². The minimum absolute atomic E-state index is 0.0588. The third-order valence-corrected chi connectivity index (χ3v) is 5.28. The van der Waals surface area contributed by atoms with Crippen molar-refractivity contribution in [3.63, 3.8) is 0 Å². The van der Waals surface area contributed by atoms with Gasteiger partial charge in [-0.1, -0.05) is 56.0 Å². The minimum atomic E-state index is -0.589. The summed E-state index contributed by atoms with van der Waals surface area (Å²) in [6.45, 7) is 4.14. The van der Waals surface area contributed by atoms with Gasteiger partial charge in [0.2, 0.25) is 5.91 Å². The van der Waals surface area contributed by atoms with Gasteiger partial charge in [-0.15, -0.1) is 0 Å². The fourth-order valence-corrected chi connectivity index (χ4v) is 3.85. The highest BCUT2D eigenvalue weighted by Crippen LogP contribution is 2.26. The minimum Gasteiger partial charge on any atom is -0.464 e. The second-order valence-electron chi connectivity index (χ2n) is 7.30. The van der Waals surface area contributed by atoms with E-state index >= 15 is 0 Å². The molecule has 0 radical (unpaired) electrons. The Labute approximate surface area is 178 Å². The number of allylic oxidation sites excluding steroid dienone is 1. The van der Waals surface area contributed by atoms with Gasteiger partial charge in [0.15, 0.2) is 5.78 Å². The van der Waals surface area contributed by atoms with E-state index in [0.29, 0.717) is 24.3 Å². The third kappa shape index (κ3) is 7.00. The maximum atomic E-state index is 12.5. The molecule has 0 bridgehead atoms. The van der Waals surface area contributed by atoms with E-state index in [-0.39, 0.29) is 36.7 Å². The van der Waals surface area contributed by atoms with Gasteiger partial charge in [0.25, 0.3) is 0 Å². The summed E-state index contributed by atoms with van der Waals surface area (Å²) in [6, 6.07) is 6.35. The molecule has 1 fully saturated rings. The van der Waals surface area contributed by atoms with E-state index in [9.17, 15) is 14.4 Å². The molecule has 1 aliphatic rings. The molecule has 0 N–H and O–H groups in total. The van der Waals surface area contributed by atoms with Crippen molar-refractivity contribution in [2.24, 2.45) is 0 Å². The van der Waals surface area contributed by atoms with Crippen LogP contribution >= 0.6 is 11.6 Å². The summed E-state index contributed by atoms with van der Waals surface area (Å²) in [5, 5.41) is 0.594. The largest absolute Gasteiger partial charge is 0.464 e. The molecule has 0 aromatic heterocycles. The van der Waals surface area contributed by atoms with Crippen LogP contribution in [0, 0.1) is 0 Å². The monoisotopic (exact) mass is 419 g/mol. The van der Waals surface area contributed by atoms with Crippen LogP contribution in [-0.2, 0) is 25.5 Å². The molecule has 1 unspecified atom stereocenters. The first-order valence-corrected chi connectivity index (χ1v) is 10.8. The molecule has 29 heavy (non-hydrogen) atoms. The van der Waals surface area contributed by atoms with Crippen LogP contribution in [0.3, 0.4) is 0 Å². The van der Waals surface area contributed by atoms with E-state index in [4.69, 9.17) is 16.3 Å². The quantitative estimate of drug-likeness (QED) is 0.300. The van der Waals surface area contributed by atoms with Gasteiger partial charge in [0.05, 0.1) is 12.6 Å². The maximum absolute atomic E-state index is 12.5. The number of halogens is 1. The number of hydrogen-bond acceptors (Lipinski definition) is 4. The topological polar surface area (TPSA) is 63.7 Å². The van der Waals surface area contributed by atoms with E-state index in [1.165, 1.54) is 6.08 Å². The standard InChI is InChI=1S/C23H30ClNO4/c1-3-5-6-10-21(23(28)29-4-2)25-19(12-14-22(25)27)11-13-20(26)16-17-8-7-9-18(24)15-17/h7-9,11,13,15,19,21H,3-6,10,12,14,16H2,1-2H3/t19?,21-/m1/s1. The summed E-state index contributed by atoms with van der Waals surface area (Å²) in [6.07, 6.45) is 7.96. The number of ketones is 1. The van der Waals surface area contributed by atoms with E-state index in [2.05, 4.69) is 6.92 Å². The molecule has 0 saturated carbocycles. The zero-order valence-corrected chi connectivity index (χ0v) is 18.0. The zero-order valence-electron chi connectivity index (χ0n) is 17.2. The molecule has 158 valence electrons. The lowest BCUT2D eigenvalue weighted by Crippen LogP contribution is -2.46. The zero-order chi connectivity index (χ0) is 21.2. The number of benzene rings is 1. The van der Waals surface area contributed by atoms with E-state index in [1.807, 2.05) is 12.1 Å². The molecule has 1 heterocycles. The van der Waals surface area contributed by atoms with Gasteiger partial charge >= 0.3 is 5.97 Å². The average molecular weight is 420 g/mol. The van der Waals surface area contributed by atoms with Crippen LogP contribution in [0.1, 0.15) is 57.9 Å². The molecule has 1 aliphatic heterocycles. The van der Waals surface area contributed by atoms with Crippen LogP contribution in [0.4, 0.5) is 0 Å². The van der Waals surface area contributed by atoms with Crippen molar-refractivity contribution < 1.29 is 19.1 Å². The summed E-state index contributed by atoms with van der Waals surface area (Å²) in [5.74, 6) is -0.482. The first-order chi connectivity index (χ1) is 14.0. The highest BCUT2D eigenvalue weighted by atomic mass is 35.5. The van der Waals surface area contributed by atoms with E-state index in [1.54, 1.807) is 30.0 Å². The lowest BCUT2D eigenvalue weighted by atomic mass is 10.0. The Bertz CT molecular complexity index is 746. The molecule has 1 aromatic carbocycles. The summed E-state index contributed by atoms with van der Waals surface area (Å²) < 4.78 is 5.22. The average Bonchev–Trinajstić information content (AvgIpc) is 3.04. The predicted octanol–water partition coefficient (Wildman–Crippen LogP) is 4.51. The van der Waals surface area contributed by atoms with Crippen LogP contribution in [0.25, 0.3) is 0 Å². The van der Waals surface area contributed by atoms with Crippen molar-refractivity contribution in [2.45, 2.75) is 70.9 Å². The Morgan fingerprint density at radius 3 is 2.79 bits per heavy atom. The number of amides is 1. The Kier molecular flexibility index (Phi) is 9.39. The van der Waals surface area contributed by atoms with Gasteiger partial charge in [-0.2, -0.15) is 0 Å². The number of carbonyl (C=O) groups is 3. The Hall–Kier alpha value is -2.14. The Morgan fingerprint density at radius 2 is 2.10 bits per heavy atom. The van der Waals surface area contributed by atoms with E-state index < -0.39 is 6.04 Å². The number of nitrogens with zero attached hydrogens (tertiary/aromatic N) is 1. The fourth-order valence-electron chi connectivity index (χ4n) is 3.64. The number of ether oxygens (including phenoxy) is 1. The molecule has 2 atom stereocenters. The smallest absolute Gasteiger partial charge is 0.328 e. The molecule has 1 aromatic rings. The highest BCUT2D eigenvalue weighted by Gasteiger charge is 2.38. The van der Waals surface area contributed by atoms with Crippen molar-refractivity contribution in [3.05, 3.63) is 47.0 Å². The maximum Gasteiger partial charge on any atom is 0.328 e. The van der Waals surface area contributed by atoms with Crippen LogP contribution in [0.5, 0.6) is 0 Å². The lowest BCUT2D eigenvalue weighted by molar-refractivity contribution is -0.154.